The van der Waals surface area contributed by atoms with Crippen LogP contribution in [0.3, 0.4) is 0 Å². The van der Waals surface area contributed by atoms with Gasteiger partial charge < -0.3 is 5.11 Å². The molecule has 1 N–H and O–H groups in total. The average molecular weight is 285 g/mol. The lowest BCUT2D eigenvalue weighted by molar-refractivity contribution is 0.236. The minimum Gasteiger partial charge on any atom is -0.395 e. The van der Waals surface area contributed by atoms with Gasteiger partial charge in [0.05, 0.1) is 11.5 Å². The fraction of sp³-hybridized carbons (Fsp3) is 0.571. The third-order valence-corrected chi connectivity index (χ3v) is 5.14. The van der Waals surface area contributed by atoms with Crippen LogP contribution in [-0.4, -0.2) is 37.0 Å². The molecule has 1 aromatic rings. The fourth-order valence-electron chi connectivity index (χ4n) is 1.91. The molecule has 108 valence electrons. The Labute approximate surface area is 116 Å². The minimum absolute atomic E-state index is 0.117. The molecule has 0 aliphatic heterocycles. The van der Waals surface area contributed by atoms with Gasteiger partial charge in [0, 0.05) is 12.6 Å². The first-order valence-electron chi connectivity index (χ1n) is 6.53. The van der Waals surface area contributed by atoms with Crippen molar-refractivity contribution in [1.29, 1.82) is 0 Å². The molecule has 4 nitrogen and oxygen atoms in total. The van der Waals surface area contributed by atoms with Crippen LogP contribution in [0.1, 0.15) is 39.2 Å². The van der Waals surface area contributed by atoms with Crippen LogP contribution in [0.25, 0.3) is 0 Å². The first kappa shape index (κ1) is 16.1. The van der Waals surface area contributed by atoms with Crippen molar-refractivity contribution >= 4 is 10.0 Å². The minimum atomic E-state index is -3.53. The van der Waals surface area contributed by atoms with Crippen molar-refractivity contribution < 1.29 is 13.5 Å². The Bertz CT molecular complexity index is 492. The van der Waals surface area contributed by atoms with Gasteiger partial charge in [-0.3, -0.25) is 0 Å². The van der Waals surface area contributed by atoms with Crippen LogP contribution in [0.5, 0.6) is 0 Å². The summed E-state index contributed by atoms with van der Waals surface area (Å²) in [5.74, 6) is 0.371. The van der Waals surface area contributed by atoms with E-state index in [1.807, 2.05) is 12.1 Å². The smallest absolute Gasteiger partial charge is 0.243 e. The monoisotopic (exact) mass is 285 g/mol. The van der Waals surface area contributed by atoms with E-state index in [4.69, 9.17) is 5.11 Å². The molecule has 0 spiro atoms. The summed E-state index contributed by atoms with van der Waals surface area (Å²) >= 11 is 0. The van der Waals surface area contributed by atoms with Gasteiger partial charge in [-0.25, -0.2) is 8.42 Å². The zero-order valence-electron chi connectivity index (χ0n) is 12.0. The van der Waals surface area contributed by atoms with Crippen molar-refractivity contribution in [3.63, 3.8) is 0 Å². The summed E-state index contributed by atoms with van der Waals surface area (Å²) < 4.78 is 26.2. The molecule has 0 saturated carbocycles. The Balaban J connectivity index is 3.11. The topological polar surface area (TPSA) is 57.6 Å². The van der Waals surface area contributed by atoms with E-state index in [9.17, 15) is 8.42 Å². The first-order chi connectivity index (χ1) is 8.80. The third-order valence-electron chi connectivity index (χ3n) is 3.05. The Morgan fingerprint density at radius 2 is 1.63 bits per heavy atom. The third kappa shape index (κ3) is 3.78. The SMILES string of the molecule is CC(C)c1ccc(S(=O)(=O)N(CCO)C(C)C)cc1. The summed E-state index contributed by atoms with van der Waals surface area (Å²) in [5.41, 5.74) is 1.11. The maximum absolute atomic E-state index is 12.5. The maximum Gasteiger partial charge on any atom is 0.243 e. The molecule has 1 rings (SSSR count). The normalized spacial score (nSPS) is 12.6. The predicted molar refractivity (Wildman–Crippen MR) is 76.6 cm³/mol. The van der Waals surface area contributed by atoms with Gasteiger partial charge in [-0.15, -0.1) is 0 Å². The van der Waals surface area contributed by atoms with Crippen molar-refractivity contribution in [1.82, 2.24) is 4.31 Å². The molecule has 19 heavy (non-hydrogen) atoms. The van der Waals surface area contributed by atoms with Gasteiger partial charge in [-0.1, -0.05) is 26.0 Å². The highest BCUT2D eigenvalue weighted by atomic mass is 32.2. The van der Waals surface area contributed by atoms with Gasteiger partial charge in [0.2, 0.25) is 10.0 Å². The lowest BCUT2D eigenvalue weighted by Crippen LogP contribution is -2.38. The highest BCUT2D eigenvalue weighted by Crippen LogP contribution is 2.21. The molecule has 0 atom stereocenters. The number of hydrogen-bond acceptors (Lipinski definition) is 3. The Morgan fingerprint density at radius 3 is 2.00 bits per heavy atom. The second-order valence-electron chi connectivity index (χ2n) is 5.16. The van der Waals surface area contributed by atoms with Crippen LogP contribution in [0.15, 0.2) is 29.2 Å². The standard InChI is InChI=1S/C14H23NO3S/c1-11(2)13-5-7-14(8-6-13)19(17,18)15(9-10-16)12(3)4/h5-8,11-12,16H,9-10H2,1-4H3. The van der Waals surface area contributed by atoms with Gasteiger partial charge in [0.25, 0.3) is 0 Å². The molecule has 0 saturated heterocycles. The number of nitrogens with zero attached hydrogens (tertiary/aromatic N) is 1. The van der Waals surface area contributed by atoms with E-state index in [1.165, 1.54) is 4.31 Å². The van der Waals surface area contributed by atoms with Crippen molar-refractivity contribution in [2.45, 2.75) is 44.6 Å². The van der Waals surface area contributed by atoms with Crippen molar-refractivity contribution in [2.24, 2.45) is 0 Å². The van der Waals surface area contributed by atoms with Crippen LogP contribution in [0.2, 0.25) is 0 Å². The summed E-state index contributed by atoms with van der Waals surface area (Å²) in [5, 5.41) is 9.01. The molecule has 0 bridgehead atoms. The molecular weight excluding hydrogens is 262 g/mol. The lowest BCUT2D eigenvalue weighted by Gasteiger charge is -2.25. The van der Waals surface area contributed by atoms with Crippen LogP contribution in [-0.2, 0) is 10.0 Å². The van der Waals surface area contributed by atoms with Crippen molar-refractivity contribution in [3.05, 3.63) is 29.8 Å². The maximum atomic E-state index is 12.5. The van der Waals surface area contributed by atoms with Crippen LogP contribution in [0, 0.1) is 0 Å². The van der Waals surface area contributed by atoms with Crippen molar-refractivity contribution in [2.75, 3.05) is 13.2 Å². The number of sulfonamides is 1. The van der Waals surface area contributed by atoms with Crippen molar-refractivity contribution in [3.8, 4) is 0 Å². The van der Waals surface area contributed by atoms with Gasteiger partial charge in [0.15, 0.2) is 0 Å². The number of hydrogen-bond donors (Lipinski definition) is 1. The lowest BCUT2D eigenvalue weighted by atomic mass is 10.0. The summed E-state index contributed by atoms with van der Waals surface area (Å²) in [6, 6.07) is 6.78. The fourth-order valence-corrected chi connectivity index (χ4v) is 3.54. The molecule has 0 unspecified atom stereocenters. The zero-order chi connectivity index (χ0) is 14.6. The Hall–Kier alpha value is -0.910. The van der Waals surface area contributed by atoms with E-state index < -0.39 is 10.0 Å². The van der Waals surface area contributed by atoms with Gasteiger partial charge in [-0.05, 0) is 37.5 Å². The molecule has 0 amide bonds. The molecule has 5 heteroatoms. The number of aliphatic hydroxyl groups excluding tert-OH is 1. The average Bonchev–Trinajstić information content (AvgIpc) is 2.35. The van der Waals surface area contributed by atoms with E-state index in [2.05, 4.69) is 13.8 Å². The summed E-state index contributed by atoms with van der Waals surface area (Å²) in [6.07, 6.45) is 0. The van der Waals surface area contributed by atoms with E-state index in [0.29, 0.717) is 5.92 Å². The molecule has 1 aromatic carbocycles. The molecule has 0 aliphatic rings. The highest BCUT2D eigenvalue weighted by molar-refractivity contribution is 7.89. The second-order valence-corrected chi connectivity index (χ2v) is 7.05. The number of rotatable bonds is 6. The van der Waals surface area contributed by atoms with E-state index in [-0.39, 0.29) is 24.1 Å². The quantitative estimate of drug-likeness (QED) is 0.871. The summed E-state index contributed by atoms with van der Waals surface area (Å²) in [4.78, 5) is 0.277. The number of benzene rings is 1. The molecule has 0 heterocycles. The predicted octanol–water partition coefficient (Wildman–Crippen LogP) is 2.20. The number of aliphatic hydroxyl groups is 1. The molecule has 0 aromatic heterocycles. The van der Waals surface area contributed by atoms with Crippen LogP contribution >= 0.6 is 0 Å². The van der Waals surface area contributed by atoms with E-state index in [1.54, 1.807) is 26.0 Å². The van der Waals surface area contributed by atoms with Gasteiger partial charge >= 0.3 is 0 Å². The van der Waals surface area contributed by atoms with Gasteiger partial charge in [-0.2, -0.15) is 4.31 Å². The molecular formula is C14H23NO3S. The zero-order valence-corrected chi connectivity index (χ0v) is 12.8. The first-order valence-corrected chi connectivity index (χ1v) is 7.97. The second kappa shape index (κ2) is 6.50. The van der Waals surface area contributed by atoms with E-state index in [0.717, 1.165) is 5.56 Å². The molecule has 0 radical (unpaired) electrons. The summed E-state index contributed by atoms with van der Waals surface area (Å²) in [7, 11) is -3.53. The van der Waals surface area contributed by atoms with E-state index >= 15 is 0 Å². The largest absolute Gasteiger partial charge is 0.395 e. The molecule has 0 aliphatic carbocycles. The summed E-state index contributed by atoms with van der Waals surface area (Å²) in [6.45, 7) is 7.67. The van der Waals surface area contributed by atoms with Gasteiger partial charge in [0.1, 0.15) is 0 Å². The Morgan fingerprint density at radius 1 is 1.11 bits per heavy atom. The molecule has 0 fully saturated rings. The highest BCUT2D eigenvalue weighted by Gasteiger charge is 2.26. The van der Waals surface area contributed by atoms with Crippen LogP contribution in [0.4, 0.5) is 0 Å². The van der Waals surface area contributed by atoms with Crippen LogP contribution < -0.4 is 0 Å². The Kier molecular flexibility index (Phi) is 5.52.